The molecule has 0 amide bonds. The number of hydrogen-bond donors (Lipinski definition) is 1. The molecule has 1 aliphatic heterocycles. The second-order valence-corrected chi connectivity index (χ2v) is 5.17. The van der Waals surface area contributed by atoms with Gasteiger partial charge in [0.15, 0.2) is 0 Å². The summed E-state index contributed by atoms with van der Waals surface area (Å²) in [7, 11) is 1.68. The van der Waals surface area contributed by atoms with E-state index in [0.717, 1.165) is 12.0 Å². The number of esters is 1. The van der Waals surface area contributed by atoms with Crippen LogP contribution in [0.3, 0.4) is 0 Å². The van der Waals surface area contributed by atoms with E-state index in [1.807, 2.05) is 30.3 Å². The number of benzene rings is 1. The van der Waals surface area contributed by atoms with Crippen molar-refractivity contribution in [3.05, 3.63) is 35.9 Å². The molecule has 5 nitrogen and oxygen atoms in total. The van der Waals surface area contributed by atoms with Crippen LogP contribution in [0.25, 0.3) is 0 Å². The molecular formula is C16H23NO4. The topological polar surface area (TPSA) is 56.8 Å². The second kappa shape index (κ2) is 7.54. The molecule has 0 spiro atoms. The summed E-state index contributed by atoms with van der Waals surface area (Å²) < 4.78 is 16.2. The summed E-state index contributed by atoms with van der Waals surface area (Å²) in [4.78, 5) is 12.2. The first kappa shape index (κ1) is 15.9. The highest BCUT2D eigenvalue weighted by molar-refractivity contribution is 5.77. The van der Waals surface area contributed by atoms with E-state index in [1.165, 1.54) is 0 Å². The zero-order valence-corrected chi connectivity index (χ0v) is 12.6. The molecule has 1 saturated heterocycles. The van der Waals surface area contributed by atoms with Crippen molar-refractivity contribution in [2.24, 2.45) is 0 Å². The maximum absolute atomic E-state index is 12.2. The van der Waals surface area contributed by atoms with Crippen LogP contribution < -0.4 is 5.32 Å². The quantitative estimate of drug-likeness (QED) is 0.775. The van der Waals surface area contributed by atoms with Gasteiger partial charge in [0.2, 0.25) is 0 Å². The second-order valence-electron chi connectivity index (χ2n) is 5.17. The van der Waals surface area contributed by atoms with Crippen LogP contribution in [0.2, 0.25) is 0 Å². The summed E-state index contributed by atoms with van der Waals surface area (Å²) in [6.45, 7) is 3.94. The SMILES string of the molecule is CCOC(=O)C(NCC1(OC)CCOC1)c1ccccc1. The van der Waals surface area contributed by atoms with Gasteiger partial charge < -0.3 is 14.2 Å². The van der Waals surface area contributed by atoms with E-state index < -0.39 is 6.04 Å². The van der Waals surface area contributed by atoms with Gasteiger partial charge in [-0.2, -0.15) is 0 Å². The average Bonchev–Trinajstić information content (AvgIpc) is 2.98. The molecule has 0 saturated carbocycles. The van der Waals surface area contributed by atoms with Gasteiger partial charge in [0.05, 0.1) is 13.2 Å². The van der Waals surface area contributed by atoms with Crippen molar-refractivity contribution in [3.63, 3.8) is 0 Å². The summed E-state index contributed by atoms with van der Waals surface area (Å²) in [6, 6.07) is 9.09. The molecule has 0 aliphatic carbocycles. The highest BCUT2D eigenvalue weighted by Crippen LogP contribution is 2.23. The molecule has 21 heavy (non-hydrogen) atoms. The van der Waals surface area contributed by atoms with Gasteiger partial charge in [-0.3, -0.25) is 5.32 Å². The minimum absolute atomic E-state index is 0.270. The Morgan fingerprint density at radius 3 is 2.76 bits per heavy atom. The molecule has 2 unspecified atom stereocenters. The number of ether oxygens (including phenoxy) is 3. The summed E-state index contributed by atoms with van der Waals surface area (Å²) in [5.41, 5.74) is 0.528. The normalized spacial score (nSPS) is 23.0. The van der Waals surface area contributed by atoms with E-state index in [2.05, 4.69) is 5.32 Å². The van der Waals surface area contributed by atoms with Gasteiger partial charge in [-0.1, -0.05) is 30.3 Å². The van der Waals surface area contributed by atoms with E-state index in [1.54, 1.807) is 14.0 Å². The number of nitrogens with one attached hydrogen (secondary N) is 1. The lowest BCUT2D eigenvalue weighted by atomic mass is 10.0. The van der Waals surface area contributed by atoms with Crippen LogP contribution in [0.4, 0.5) is 0 Å². The largest absolute Gasteiger partial charge is 0.465 e. The standard InChI is InChI=1S/C16H23NO4/c1-3-21-15(18)14(13-7-5-4-6-8-13)17-11-16(19-2)9-10-20-12-16/h4-8,14,17H,3,9-12H2,1-2H3. The van der Waals surface area contributed by atoms with E-state index in [0.29, 0.717) is 26.4 Å². The first-order valence-corrected chi connectivity index (χ1v) is 7.28. The zero-order valence-electron chi connectivity index (χ0n) is 12.6. The van der Waals surface area contributed by atoms with Crippen molar-refractivity contribution >= 4 is 5.97 Å². The molecule has 116 valence electrons. The molecule has 1 aromatic carbocycles. The molecule has 0 bridgehead atoms. The average molecular weight is 293 g/mol. The van der Waals surface area contributed by atoms with Crippen LogP contribution in [0.1, 0.15) is 24.9 Å². The Hall–Kier alpha value is -1.43. The van der Waals surface area contributed by atoms with Gasteiger partial charge in [0, 0.05) is 26.7 Å². The molecule has 0 radical (unpaired) electrons. The third kappa shape index (κ3) is 4.03. The van der Waals surface area contributed by atoms with E-state index in [9.17, 15) is 4.79 Å². The van der Waals surface area contributed by atoms with Gasteiger partial charge >= 0.3 is 5.97 Å². The Balaban J connectivity index is 2.07. The molecule has 1 fully saturated rings. The third-order valence-corrected chi connectivity index (χ3v) is 3.78. The Bertz CT molecular complexity index is 443. The molecule has 1 N–H and O–H groups in total. The Morgan fingerprint density at radius 1 is 1.43 bits per heavy atom. The van der Waals surface area contributed by atoms with Crippen molar-refractivity contribution < 1.29 is 19.0 Å². The summed E-state index contributed by atoms with van der Waals surface area (Å²) in [5.74, 6) is -0.270. The zero-order chi connectivity index (χ0) is 15.1. The molecule has 2 atom stereocenters. The number of methoxy groups -OCH3 is 1. The minimum Gasteiger partial charge on any atom is -0.465 e. The maximum atomic E-state index is 12.2. The highest BCUT2D eigenvalue weighted by Gasteiger charge is 2.36. The Morgan fingerprint density at radius 2 is 2.19 bits per heavy atom. The maximum Gasteiger partial charge on any atom is 0.327 e. The highest BCUT2D eigenvalue weighted by atomic mass is 16.6. The monoisotopic (exact) mass is 293 g/mol. The fourth-order valence-corrected chi connectivity index (χ4v) is 2.46. The Kier molecular flexibility index (Phi) is 5.73. The molecule has 0 aromatic heterocycles. The summed E-state index contributed by atoms with van der Waals surface area (Å²) in [6.07, 6.45) is 0.820. The fraction of sp³-hybridized carbons (Fsp3) is 0.562. The van der Waals surface area contributed by atoms with Gasteiger partial charge in [-0.15, -0.1) is 0 Å². The number of carbonyl (C=O) groups excluding carboxylic acids is 1. The smallest absolute Gasteiger partial charge is 0.327 e. The molecule has 5 heteroatoms. The van der Waals surface area contributed by atoms with Crippen molar-refractivity contribution in [2.45, 2.75) is 25.0 Å². The van der Waals surface area contributed by atoms with Crippen molar-refractivity contribution in [3.8, 4) is 0 Å². The van der Waals surface area contributed by atoms with Crippen molar-refractivity contribution in [2.75, 3.05) is 33.5 Å². The van der Waals surface area contributed by atoms with Gasteiger partial charge in [-0.25, -0.2) is 4.79 Å². The van der Waals surface area contributed by atoms with Gasteiger partial charge in [0.1, 0.15) is 11.6 Å². The van der Waals surface area contributed by atoms with E-state index in [4.69, 9.17) is 14.2 Å². The number of hydrogen-bond acceptors (Lipinski definition) is 5. The molecular weight excluding hydrogens is 270 g/mol. The predicted molar refractivity (Wildman–Crippen MR) is 79.0 cm³/mol. The van der Waals surface area contributed by atoms with Crippen LogP contribution in [-0.2, 0) is 19.0 Å². The predicted octanol–water partition coefficient (Wildman–Crippen LogP) is 1.69. The molecule has 1 heterocycles. The number of carbonyl (C=O) groups is 1. The summed E-state index contributed by atoms with van der Waals surface area (Å²) in [5, 5.41) is 3.27. The number of rotatable bonds is 7. The van der Waals surface area contributed by atoms with Crippen LogP contribution in [-0.4, -0.2) is 45.0 Å². The van der Waals surface area contributed by atoms with Crippen molar-refractivity contribution in [1.29, 1.82) is 0 Å². The van der Waals surface area contributed by atoms with Crippen LogP contribution in [0.15, 0.2) is 30.3 Å². The molecule has 1 aliphatic rings. The van der Waals surface area contributed by atoms with E-state index >= 15 is 0 Å². The fourth-order valence-electron chi connectivity index (χ4n) is 2.46. The summed E-state index contributed by atoms with van der Waals surface area (Å²) >= 11 is 0. The van der Waals surface area contributed by atoms with E-state index in [-0.39, 0.29) is 11.6 Å². The van der Waals surface area contributed by atoms with Crippen LogP contribution in [0, 0.1) is 0 Å². The van der Waals surface area contributed by atoms with Crippen LogP contribution in [0.5, 0.6) is 0 Å². The molecule has 2 rings (SSSR count). The van der Waals surface area contributed by atoms with Gasteiger partial charge in [-0.05, 0) is 12.5 Å². The van der Waals surface area contributed by atoms with Crippen molar-refractivity contribution in [1.82, 2.24) is 5.32 Å². The third-order valence-electron chi connectivity index (χ3n) is 3.78. The van der Waals surface area contributed by atoms with Crippen LogP contribution >= 0.6 is 0 Å². The lowest BCUT2D eigenvalue weighted by Crippen LogP contribution is -2.45. The Labute approximate surface area is 125 Å². The lowest BCUT2D eigenvalue weighted by molar-refractivity contribution is -0.146. The minimum atomic E-state index is -0.487. The van der Waals surface area contributed by atoms with Gasteiger partial charge in [0.25, 0.3) is 0 Å². The lowest BCUT2D eigenvalue weighted by Gasteiger charge is -2.28. The first-order chi connectivity index (χ1) is 10.2. The first-order valence-electron chi connectivity index (χ1n) is 7.28. The molecule has 1 aromatic rings.